The average Bonchev–Trinajstić information content (AvgIpc) is 2.74. The maximum Gasteiger partial charge on any atom is 0.0989 e. The highest BCUT2D eigenvalue weighted by atomic mass is 35.5. The molecule has 0 aliphatic rings. The Morgan fingerprint density at radius 3 is 1.33 bits per heavy atom. The van der Waals surface area contributed by atoms with Crippen molar-refractivity contribution in [2.24, 2.45) is 43.5 Å². The molecule has 0 aliphatic carbocycles. The van der Waals surface area contributed by atoms with Crippen LogP contribution in [0.5, 0.6) is 0 Å². The Balaban J connectivity index is 0.00000420. The molecule has 2 rings (SSSR count). The van der Waals surface area contributed by atoms with Crippen LogP contribution in [0.25, 0.3) is 0 Å². The van der Waals surface area contributed by atoms with Gasteiger partial charge in [-0.25, -0.2) is 0 Å². The Kier molecular flexibility index (Phi) is 14.2. The van der Waals surface area contributed by atoms with Crippen molar-refractivity contribution in [1.29, 1.82) is 0 Å². The summed E-state index contributed by atoms with van der Waals surface area (Å²) in [4.78, 5) is 8.89. The highest BCUT2D eigenvalue weighted by Crippen LogP contribution is 2.05. The van der Waals surface area contributed by atoms with Gasteiger partial charge in [-0.2, -0.15) is 10.2 Å². The number of nitrogens with two attached hydrogens (primary N) is 2. The molecule has 30 heavy (non-hydrogen) atoms. The van der Waals surface area contributed by atoms with Gasteiger partial charge in [-0.15, -0.1) is 24.8 Å². The van der Waals surface area contributed by atoms with Crippen molar-refractivity contribution in [3.63, 3.8) is 0 Å². The first-order valence-corrected chi connectivity index (χ1v) is 9.57. The number of benzene rings is 2. The van der Waals surface area contributed by atoms with E-state index in [4.69, 9.17) is 11.5 Å². The Labute approximate surface area is 191 Å². The minimum atomic E-state index is 0. The van der Waals surface area contributed by atoms with Crippen molar-refractivity contribution in [2.75, 3.05) is 13.1 Å². The van der Waals surface area contributed by atoms with E-state index in [2.05, 4.69) is 20.2 Å². The van der Waals surface area contributed by atoms with Crippen LogP contribution in [0, 0.1) is 11.8 Å². The predicted octanol–water partition coefficient (Wildman–Crippen LogP) is 4.67. The fourth-order valence-electron chi connectivity index (χ4n) is 2.39. The summed E-state index contributed by atoms with van der Waals surface area (Å²) in [7, 11) is 0. The summed E-state index contributed by atoms with van der Waals surface area (Å²) in [6.07, 6.45) is 0. The van der Waals surface area contributed by atoms with Crippen LogP contribution in [-0.4, -0.2) is 24.8 Å². The van der Waals surface area contributed by atoms with Gasteiger partial charge in [0.2, 0.25) is 0 Å². The lowest BCUT2D eigenvalue weighted by molar-refractivity contribution is 0.679. The largest absolute Gasteiger partial charge is 0.387 e. The van der Waals surface area contributed by atoms with E-state index in [1.807, 2.05) is 74.5 Å². The molecule has 0 fully saturated rings. The van der Waals surface area contributed by atoms with Gasteiger partial charge in [0.05, 0.1) is 37.9 Å². The van der Waals surface area contributed by atoms with Crippen LogP contribution in [0.4, 0.5) is 0 Å². The summed E-state index contributed by atoms with van der Waals surface area (Å²) in [5.74, 6) is 1.29. The van der Waals surface area contributed by atoms with Crippen LogP contribution in [0.3, 0.4) is 0 Å². The number of amidine groups is 2. The SMILES string of the molecule is CC(CN=NCC(C)C(N)=NCc1ccccc1)C(N)=NCc1ccccc1.Cl.Cl. The number of rotatable bonds is 10. The second-order valence-corrected chi connectivity index (χ2v) is 6.90. The van der Waals surface area contributed by atoms with Gasteiger partial charge in [-0.05, 0) is 11.1 Å². The number of azo groups is 1. The molecule has 4 N–H and O–H groups in total. The summed E-state index contributed by atoms with van der Waals surface area (Å²) in [6.45, 7) is 6.19. The fraction of sp³-hybridized carbons (Fsp3) is 0.364. The van der Waals surface area contributed by atoms with Gasteiger partial charge in [-0.3, -0.25) is 9.98 Å². The third kappa shape index (κ3) is 10.4. The molecule has 2 unspecified atom stereocenters. The van der Waals surface area contributed by atoms with Gasteiger partial charge in [-0.1, -0.05) is 74.5 Å². The number of aliphatic imine (C=N–C) groups is 2. The summed E-state index contributed by atoms with van der Waals surface area (Å²) in [6, 6.07) is 20.1. The third-order valence-electron chi connectivity index (χ3n) is 4.39. The van der Waals surface area contributed by atoms with E-state index >= 15 is 0 Å². The summed E-state index contributed by atoms with van der Waals surface area (Å²) >= 11 is 0. The summed E-state index contributed by atoms with van der Waals surface area (Å²) in [5, 5.41) is 8.48. The predicted molar refractivity (Wildman–Crippen MR) is 131 cm³/mol. The lowest BCUT2D eigenvalue weighted by Gasteiger charge is -2.09. The molecule has 0 heterocycles. The van der Waals surface area contributed by atoms with Gasteiger partial charge in [0, 0.05) is 11.8 Å². The first kappa shape index (κ1) is 27.6. The second-order valence-electron chi connectivity index (χ2n) is 6.90. The first-order chi connectivity index (χ1) is 13.6. The molecule has 2 aromatic rings. The van der Waals surface area contributed by atoms with Crippen LogP contribution in [0.2, 0.25) is 0 Å². The molecule has 2 aromatic carbocycles. The molecule has 8 heteroatoms. The smallest absolute Gasteiger partial charge is 0.0989 e. The van der Waals surface area contributed by atoms with Gasteiger partial charge in [0.1, 0.15) is 0 Å². The molecular formula is C22H32Cl2N6. The standard InChI is InChI=1S/C22H30N6.2ClH/c1-17(21(23)25-15-19-9-5-3-6-10-19)13-27-28-14-18(2)22(24)26-16-20-11-7-4-8-12-20;;/h3-12,17-18H,13-16H2,1-2H3,(H2,23,25)(H2,24,26);2*1H. The minimum absolute atomic E-state index is 0. The highest BCUT2D eigenvalue weighted by molar-refractivity contribution is 5.85. The van der Waals surface area contributed by atoms with Crippen molar-refractivity contribution in [3.8, 4) is 0 Å². The third-order valence-corrected chi connectivity index (χ3v) is 4.39. The van der Waals surface area contributed by atoms with E-state index in [0.717, 1.165) is 11.1 Å². The Morgan fingerprint density at radius 2 is 1.00 bits per heavy atom. The first-order valence-electron chi connectivity index (χ1n) is 9.57. The maximum atomic E-state index is 6.06. The van der Waals surface area contributed by atoms with Crippen molar-refractivity contribution in [2.45, 2.75) is 26.9 Å². The van der Waals surface area contributed by atoms with Crippen LogP contribution in [0.15, 0.2) is 80.9 Å². The molecule has 0 aromatic heterocycles. The molecular weight excluding hydrogens is 419 g/mol. The quantitative estimate of drug-likeness (QED) is 0.312. The Bertz CT molecular complexity index is 726. The normalized spacial score (nSPS) is 13.9. The van der Waals surface area contributed by atoms with E-state index < -0.39 is 0 Å². The molecule has 0 aliphatic heterocycles. The van der Waals surface area contributed by atoms with Crippen LogP contribution < -0.4 is 11.5 Å². The maximum absolute atomic E-state index is 6.06. The van der Waals surface area contributed by atoms with Crippen LogP contribution >= 0.6 is 24.8 Å². The van der Waals surface area contributed by atoms with Gasteiger partial charge in [0.15, 0.2) is 0 Å². The van der Waals surface area contributed by atoms with Crippen LogP contribution in [-0.2, 0) is 13.1 Å². The molecule has 0 saturated carbocycles. The number of hydrogen-bond acceptors (Lipinski definition) is 4. The van der Waals surface area contributed by atoms with Gasteiger partial charge in [0.25, 0.3) is 0 Å². The number of hydrogen-bond donors (Lipinski definition) is 2. The Morgan fingerprint density at radius 1 is 0.667 bits per heavy atom. The van der Waals surface area contributed by atoms with Crippen molar-refractivity contribution >= 4 is 36.5 Å². The van der Waals surface area contributed by atoms with Crippen molar-refractivity contribution < 1.29 is 0 Å². The zero-order chi connectivity index (χ0) is 20.2. The zero-order valence-corrected chi connectivity index (χ0v) is 19.1. The topological polar surface area (TPSA) is 101 Å². The molecule has 0 bridgehead atoms. The molecule has 0 spiro atoms. The summed E-state index contributed by atoms with van der Waals surface area (Å²) in [5.41, 5.74) is 14.4. The molecule has 164 valence electrons. The van der Waals surface area contributed by atoms with E-state index in [-0.39, 0.29) is 36.6 Å². The molecule has 2 atom stereocenters. The monoisotopic (exact) mass is 450 g/mol. The van der Waals surface area contributed by atoms with E-state index in [1.54, 1.807) is 0 Å². The lowest BCUT2D eigenvalue weighted by Crippen LogP contribution is -2.24. The van der Waals surface area contributed by atoms with E-state index in [0.29, 0.717) is 37.9 Å². The highest BCUT2D eigenvalue weighted by Gasteiger charge is 2.08. The zero-order valence-electron chi connectivity index (χ0n) is 17.5. The molecule has 0 radical (unpaired) electrons. The van der Waals surface area contributed by atoms with Crippen LogP contribution in [0.1, 0.15) is 25.0 Å². The molecule has 0 saturated heterocycles. The fourth-order valence-corrected chi connectivity index (χ4v) is 2.39. The summed E-state index contributed by atoms with van der Waals surface area (Å²) < 4.78 is 0. The van der Waals surface area contributed by atoms with E-state index in [1.165, 1.54) is 0 Å². The molecule has 0 amide bonds. The van der Waals surface area contributed by atoms with Crippen molar-refractivity contribution in [1.82, 2.24) is 0 Å². The van der Waals surface area contributed by atoms with Crippen molar-refractivity contribution in [3.05, 3.63) is 71.8 Å². The van der Waals surface area contributed by atoms with E-state index in [9.17, 15) is 0 Å². The molecule has 6 nitrogen and oxygen atoms in total. The van der Waals surface area contributed by atoms with Gasteiger partial charge < -0.3 is 11.5 Å². The number of halogens is 2. The van der Waals surface area contributed by atoms with Gasteiger partial charge >= 0.3 is 0 Å². The lowest BCUT2D eigenvalue weighted by atomic mass is 10.1. The minimum Gasteiger partial charge on any atom is -0.387 e. The number of nitrogens with zero attached hydrogens (tertiary/aromatic N) is 4. The second kappa shape index (κ2) is 15.4. The Hall–Kier alpha value is -2.44. The average molecular weight is 451 g/mol.